The summed E-state index contributed by atoms with van der Waals surface area (Å²) in [6.45, 7) is 7.84. The van der Waals surface area contributed by atoms with Crippen LogP contribution >= 0.6 is 0 Å². The highest BCUT2D eigenvalue weighted by Crippen LogP contribution is 2.19. The minimum atomic E-state index is -0.462. The molecule has 0 aliphatic carbocycles. The Morgan fingerprint density at radius 2 is 1.90 bits per heavy atom. The lowest BCUT2D eigenvalue weighted by atomic mass is 10.0. The molecule has 0 bridgehead atoms. The maximum absolute atomic E-state index is 13.4. The summed E-state index contributed by atoms with van der Waals surface area (Å²) in [5.41, 5.74) is 6.24. The molecule has 1 aliphatic rings. The van der Waals surface area contributed by atoms with E-state index in [1.807, 2.05) is 0 Å². The number of rotatable bonds is 4. The lowest BCUT2D eigenvalue weighted by Gasteiger charge is -2.37. The van der Waals surface area contributed by atoms with Gasteiger partial charge in [0.2, 0.25) is 0 Å². The maximum atomic E-state index is 13.4. The summed E-state index contributed by atoms with van der Waals surface area (Å²) in [4.78, 5) is 16.6. The molecule has 1 heterocycles. The van der Waals surface area contributed by atoms with E-state index in [-0.39, 0.29) is 11.6 Å². The number of benzene rings is 1. The second kappa shape index (κ2) is 6.89. The molecule has 116 valence electrons. The van der Waals surface area contributed by atoms with E-state index >= 15 is 0 Å². The Balaban J connectivity index is 2.00. The average molecular weight is 293 g/mol. The number of anilines is 1. The van der Waals surface area contributed by atoms with Crippen LogP contribution in [-0.4, -0.2) is 47.9 Å². The predicted molar refractivity (Wildman–Crippen MR) is 82.7 cm³/mol. The average Bonchev–Trinajstić information content (AvgIpc) is 2.47. The highest BCUT2D eigenvalue weighted by atomic mass is 19.1. The molecule has 1 amide bonds. The molecular formula is C16H24FN3O. The van der Waals surface area contributed by atoms with Crippen LogP contribution in [0.2, 0.25) is 0 Å². The Kier molecular flexibility index (Phi) is 5.17. The number of likely N-dealkylation sites (tertiary alicyclic amines) is 1. The highest BCUT2D eigenvalue weighted by Gasteiger charge is 2.26. The van der Waals surface area contributed by atoms with E-state index in [0.29, 0.717) is 11.6 Å². The van der Waals surface area contributed by atoms with Gasteiger partial charge in [0.25, 0.3) is 5.91 Å². The molecule has 1 saturated heterocycles. The van der Waals surface area contributed by atoms with Crippen LogP contribution < -0.4 is 5.73 Å². The van der Waals surface area contributed by atoms with Crippen molar-refractivity contribution in [1.82, 2.24) is 9.80 Å². The lowest BCUT2D eigenvalue weighted by Crippen LogP contribution is -2.46. The van der Waals surface area contributed by atoms with Crippen molar-refractivity contribution >= 4 is 11.6 Å². The fraction of sp³-hybridized carbons (Fsp3) is 0.562. The number of hydrogen-bond acceptors (Lipinski definition) is 3. The molecule has 1 aromatic carbocycles. The number of amides is 1. The molecule has 0 aromatic heterocycles. The molecule has 0 saturated carbocycles. The van der Waals surface area contributed by atoms with Crippen molar-refractivity contribution < 1.29 is 9.18 Å². The first-order chi connectivity index (χ1) is 10.0. The summed E-state index contributed by atoms with van der Waals surface area (Å²) in [6.07, 6.45) is 1.94. The van der Waals surface area contributed by atoms with Gasteiger partial charge in [-0.2, -0.15) is 0 Å². The number of halogens is 1. The molecular weight excluding hydrogens is 269 g/mol. The third-order valence-electron chi connectivity index (χ3n) is 4.25. The first kappa shape index (κ1) is 15.8. The van der Waals surface area contributed by atoms with E-state index in [4.69, 9.17) is 5.73 Å². The topological polar surface area (TPSA) is 49.6 Å². The fourth-order valence-corrected chi connectivity index (χ4v) is 3.09. The molecule has 2 N–H and O–H groups in total. The van der Waals surface area contributed by atoms with Gasteiger partial charge in [-0.15, -0.1) is 0 Å². The van der Waals surface area contributed by atoms with Crippen LogP contribution in [0.1, 0.15) is 37.0 Å². The van der Waals surface area contributed by atoms with E-state index in [1.54, 1.807) is 11.0 Å². The van der Waals surface area contributed by atoms with Crippen molar-refractivity contribution in [2.24, 2.45) is 0 Å². The number of carbonyl (C=O) groups is 1. The minimum absolute atomic E-state index is 0.126. The molecule has 21 heavy (non-hydrogen) atoms. The van der Waals surface area contributed by atoms with Gasteiger partial charge in [0.1, 0.15) is 5.82 Å². The van der Waals surface area contributed by atoms with Crippen LogP contribution in [0.4, 0.5) is 10.1 Å². The molecule has 5 heteroatoms. The van der Waals surface area contributed by atoms with Crippen LogP contribution in [0.25, 0.3) is 0 Å². The third-order valence-corrected chi connectivity index (χ3v) is 4.25. The van der Waals surface area contributed by atoms with Crippen LogP contribution in [0, 0.1) is 5.82 Å². The number of nitrogens with two attached hydrogens (primary N) is 1. The van der Waals surface area contributed by atoms with Crippen molar-refractivity contribution in [3.63, 3.8) is 0 Å². The van der Waals surface area contributed by atoms with Crippen molar-refractivity contribution in [3.8, 4) is 0 Å². The highest BCUT2D eigenvalue weighted by molar-refractivity contribution is 5.95. The normalized spacial score (nSPS) is 16.5. The van der Waals surface area contributed by atoms with E-state index in [2.05, 4.69) is 18.7 Å². The van der Waals surface area contributed by atoms with Gasteiger partial charge >= 0.3 is 0 Å². The molecule has 1 fully saturated rings. The molecule has 4 nitrogen and oxygen atoms in total. The quantitative estimate of drug-likeness (QED) is 0.867. The van der Waals surface area contributed by atoms with Crippen LogP contribution in [0.3, 0.4) is 0 Å². The first-order valence-corrected chi connectivity index (χ1v) is 7.64. The number of piperidine rings is 1. The maximum Gasteiger partial charge on any atom is 0.254 e. The van der Waals surface area contributed by atoms with Crippen LogP contribution in [0.15, 0.2) is 18.2 Å². The minimum Gasteiger partial charge on any atom is -0.399 e. The Morgan fingerprint density at radius 3 is 2.43 bits per heavy atom. The second-order valence-electron chi connectivity index (χ2n) is 5.52. The summed E-state index contributed by atoms with van der Waals surface area (Å²) in [5, 5.41) is 0. The Hall–Kier alpha value is -1.62. The van der Waals surface area contributed by atoms with Gasteiger partial charge in [0, 0.05) is 30.4 Å². The Bertz CT molecular complexity index is 474. The van der Waals surface area contributed by atoms with Gasteiger partial charge < -0.3 is 15.5 Å². The van der Waals surface area contributed by atoms with Crippen LogP contribution in [-0.2, 0) is 0 Å². The molecule has 0 radical (unpaired) electrons. The summed E-state index contributed by atoms with van der Waals surface area (Å²) in [6, 6.07) is 4.57. The van der Waals surface area contributed by atoms with Crippen LogP contribution in [0.5, 0.6) is 0 Å². The lowest BCUT2D eigenvalue weighted by molar-refractivity contribution is 0.0631. The molecule has 0 atom stereocenters. The SMILES string of the molecule is CCN(CC)C1CCN(C(=O)c2cc(N)cc(F)c2)CC1. The summed E-state index contributed by atoms with van der Waals surface area (Å²) in [5.74, 6) is -0.587. The van der Waals surface area contributed by atoms with E-state index < -0.39 is 5.82 Å². The molecule has 0 spiro atoms. The monoisotopic (exact) mass is 293 g/mol. The van der Waals surface area contributed by atoms with Gasteiger partial charge in [-0.25, -0.2) is 4.39 Å². The largest absolute Gasteiger partial charge is 0.399 e. The number of hydrogen-bond donors (Lipinski definition) is 1. The van der Waals surface area contributed by atoms with Crippen molar-refractivity contribution in [1.29, 1.82) is 0 Å². The number of nitrogen functional groups attached to an aromatic ring is 1. The van der Waals surface area contributed by atoms with Gasteiger partial charge in [0.15, 0.2) is 0 Å². The zero-order chi connectivity index (χ0) is 15.4. The Labute approximate surface area is 125 Å². The smallest absolute Gasteiger partial charge is 0.254 e. The van der Waals surface area contributed by atoms with E-state index in [1.165, 1.54) is 12.1 Å². The van der Waals surface area contributed by atoms with E-state index in [0.717, 1.165) is 39.0 Å². The van der Waals surface area contributed by atoms with Crippen molar-refractivity contribution in [2.45, 2.75) is 32.7 Å². The molecule has 0 unspecified atom stereocenters. The predicted octanol–water partition coefficient (Wildman–Crippen LogP) is 2.35. The second-order valence-corrected chi connectivity index (χ2v) is 5.52. The van der Waals surface area contributed by atoms with Gasteiger partial charge in [-0.3, -0.25) is 4.79 Å². The Morgan fingerprint density at radius 1 is 1.29 bits per heavy atom. The molecule has 1 aliphatic heterocycles. The number of nitrogens with zero attached hydrogens (tertiary/aromatic N) is 2. The van der Waals surface area contributed by atoms with Gasteiger partial charge in [-0.1, -0.05) is 13.8 Å². The van der Waals surface area contributed by atoms with Gasteiger partial charge in [-0.05, 0) is 44.1 Å². The molecule has 1 aromatic rings. The van der Waals surface area contributed by atoms with E-state index in [9.17, 15) is 9.18 Å². The number of carbonyl (C=O) groups excluding carboxylic acids is 1. The zero-order valence-corrected chi connectivity index (χ0v) is 12.8. The summed E-state index contributed by atoms with van der Waals surface area (Å²) < 4.78 is 13.4. The summed E-state index contributed by atoms with van der Waals surface area (Å²) in [7, 11) is 0. The first-order valence-electron chi connectivity index (χ1n) is 7.64. The summed E-state index contributed by atoms with van der Waals surface area (Å²) >= 11 is 0. The zero-order valence-electron chi connectivity index (χ0n) is 12.8. The van der Waals surface area contributed by atoms with Gasteiger partial charge in [0.05, 0.1) is 0 Å². The van der Waals surface area contributed by atoms with Crippen molar-refractivity contribution in [3.05, 3.63) is 29.6 Å². The standard InChI is InChI=1S/C16H24FN3O/c1-3-19(4-2)15-5-7-20(8-6-15)16(21)12-9-13(17)11-14(18)10-12/h9-11,15H,3-8,18H2,1-2H3. The fourth-order valence-electron chi connectivity index (χ4n) is 3.09. The van der Waals surface area contributed by atoms with Crippen molar-refractivity contribution in [2.75, 3.05) is 31.9 Å². The molecule has 2 rings (SSSR count). The third kappa shape index (κ3) is 3.73.